The zero-order valence-corrected chi connectivity index (χ0v) is 7.89. The first-order valence-electron chi connectivity index (χ1n) is 3.55. The first kappa shape index (κ1) is 10.7. The molecule has 0 spiro atoms. The first-order valence-corrected chi connectivity index (χ1v) is 5.02. The SMILES string of the molecule is CCOS(=O)(=O)/C=C/C(C)C. The molecule has 11 heavy (non-hydrogen) atoms. The molecule has 4 heteroatoms. The summed E-state index contributed by atoms with van der Waals surface area (Å²) in [4.78, 5) is 0. The van der Waals surface area contributed by atoms with Crippen molar-refractivity contribution < 1.29 is 12.6 Å². The standard InChI is InChI=1S/C7H14O3S/c1-4-10-11(8,9)6-5-7(2)3/h5-7H,4H2,1-3H3/b6-5+. The lowest BCUT2D eigenvalue weighted by molar-refractivity contribution is 0.344. The Bertz CT molecular complexity index is 214. The van der Waals surface area contributed by atoms with Crippen molar-refractivity contribution in [1.82, 2.24) is 0 Å². The third-order valence-corrected chi connectivity index (χ3v) is 1.97. The Morgan fingerprint density at radius 3 is 2.36 bits per heavy atom. The van der Waals surface area contributed by atoms with E-state index in [1.807, 2.05) is 13.8 Å². The summed E-state index contributed by atoms with van der Waals surface area (Å²) in [5.74, 6) is 0.227. The van der Waals surface area contributed by atoms with Crippen LogP contribution < -0.4 is 0 Å². The topological polar surface area (TPSA) is 43.4 Å². The molecule has 0 saturated heterocycles. The molecule has 0 aliphatic heterocycles. The lowest BCUT2D eigenvalue weighted by atomic mass is 10.2. The Morgan fingerprint density at radius 2 is 2.00 bits per heavy atom. The van der Waals surface area contributed by atoms with Crippen LogP contribution in [0.4, 0.5) is 0 Å². The van der Waals surface area contributed by atoms with E-state index in [1.54, 1.807) is 13.0 Å². The molecule has 0 fully saturated rings. The maximum Gasteiger partial charge on any atom is 0.289 e. The van der Waals surface area contributed by atoms with Gasteiger partial charge in [-0.05, 0) is 12.8 Å². The molecule has 66 valence electrons. The van der Waals surface area contributed by atoms with Crippen molar-refractivity contribution in [3.8, 4) is 0 Å². The van der Waals surface area contributed by atoms with Gasteiger partial charge in [-0.25, -0.2) is 0 Å². The molecule has 0 N–H and O–H groups in total. The molecule has 0 bridgehead atoms. The molecule has 0 atom stereocenters. The van der Waals surface area contributed by atoms with Gasteiger partial charge in [0, 0.05) is 0 Å². The van der Waals surface area contributed by atoms with Crippen molar-refractivity contribution >= 4 is 10.1 Å². The molecule has 0 aliphatic carbocycles. The summed E-state index contributed by atoms with van der Waals surface area (Å²) in [5.41, 5.74) is 0. The summed E-state index contributed by atoms with van der Waals surface area (Å²) >= 11 is 0. The lowest BCUT2D eigenvalue weighted by Gasteiger charge is -1.97. The monoisotopic (exact) mass is 178 g/mol. The van der Waals surface area contributed by atoms with Crippen LogP contribution in [-0.4, -0.2) is 15.0 Å². The average molecular weight is 178 g/mol. The second-order valence-corrected chi connectivity index (χ2v) is 3.97. The third kappa shape index (κ3) is 6.06. The highest BCUT2D eigenvalue weighted by molar-refractivity contribution is 7.89. The van der Waals surface area contributed by atoms with Crippen LogP contribution in [0, 0.1) is 5.92 Å². The van der Waals surface area contributed by atoms with Crippen LogP contribution in [0.1, 0.15) is 20.8 Å². The van der Waals surface area contributed by atoms with Gasteiger partial charge in [-0.15, -0.1) is 0 Å². The van der Waals surface area contributed by atoms with E-state index < -0.39 is 10.1 Å². The van der Waals surface area contributed by atoms with E-state index in [-0.39, 0.29) is 12.5 Å². The van der Waals surface area contributed by atoms with E-state index in [0.717, 1.165) is 5.41 Å². The minimum Gasteiger partial charge on any atom is -0.267 e. The van der Waals surface area contributed by atoms with Crippen LogP contribution in [-0.2, 0) is 14.3 Å². The highest BCUT2D eigenvalue weighted by atomic mass is 32.2. The zero-order valence-electron chi connectivity index (χ0n) is 7.07. The van der Waals surface area contributed by atoms with Gasteiger partial charge >= 0.3 is 0 Å². The first-order chi connectivity index (χ1) is 4.98. The van der Waals surface area contributed by atoms with Crippen LogP contribution in [0.3, 0.4) is 0 Å². The Kier molecular flexibility index (Phi) is 4.37. The van der Waals surface area contributed by atoms with Gasteiger partial charge in [0.1, 0.15) is 0 Å². The molecule has 0 amide bonds. The molecule has 0 aromatic carbocycles. The minimum atomic E-state index is -3.41. The van der Waals surface area contributed by atoms with Gasteiger partial charge in [0.25, 0.3) is 10.1 Å². The minimum absolute atomic E-state index is 0.185. The Balaban J connectivity index is 4.13. The van der Waals surface area contributed by atoms with Gasteiger partial charge in [0.2, 0.25) is 0 Å². The van der Waals surface area contributed by atoms with Crippen LogP contribution >= 0.6 is 0 Å². The molecule has 0 aromatic heterocycles. The number of hydrogen-bond acceptors (Lipinski definition) is 3. The molecule has 0 saturated carbocycles. The predicted molar refractivity (Wildman–Crippen MR) is 44.5 cm³/mol. The Labute approximate surface area is 68.2 Å². The molecule has 0 aromatic rings. The van der Waals surface area contributed by atoms with Gasteiger partial charge in [0.05, 0.1) is 12.0 Å². The zero-order chi connectivity index (χ0) is 8.91. The summed E-state index contributed by atoms with van der Waals surface area (Å²) in [6.45, 7) is 5.63. The van der Waals surface area contributed by atoms with Gasteiger partial charge < -0.3 is 0 Å². The fraction of sp³-hybridized carbons (Fsp3) is 0.714. The summed E-state index contributed by atoms with van der Waals surface area (Å²) in [6, 6.07) is 0. The molecule has 3 nitrogen and oxygen atoms in total. The van der Waals surface area contributed by atoms with E-state index in [9.17, 15) is 8.42 Å². The van der Waals surface area contributed by atoms with Gasteiger partial charge in [-0.1, -0.05) is 19.9 Å². The average Bonchev–Trinajstić information content (AvgIpc) is 1.84. The van der Waals surface area contributed by atoms with E-state index in [0.29, 0.717) is 0 Å². The van der Waals surface area contributed by atoms with E-state index >= 15 is 0 Å². The molecule has 0 heterocycles. The fourth-order valence-electron chi connectivity index (χ4n) is 0.457. The molecule has 0 aliphatic rings. The molecule has 0 unspecified atom stereocenters. The molecular weight excluding hydrogens is 164 g/mol. The normalized spacial score (nSPS) is 13.1. The molecule has 0 radical (unpaired) electrons. The van der Waals surface area contributed by atoms with Crippen LogP contribution in [0.5, 0.6) is 0 Å². The highest BCUT2D eigenvalue weighted by Crippen LogP contribution is 1.99. The Morgan fingerprint density at radius 1 is 1.45 bits per heavy atom. The van der Waals surface area contributed by atoms with Gasteiger partial charge in [0.15, 0.2) is 0 Å². The number of rotatable bonds is 4. The second-order valence-electron chi connectivity index (χ2n) is 2.47. The summed E-state index contributed by atoms with van der Waals surface area (Å²) < 4.78 is 26.1. The summed E-state index contributed by atoms with van der Waals surface area (Å²) in [7, 11) is -3.41. The van der Waals surface area contributed by atoms with E-state index in [4.69, 9.17) is 0 Å². The van der Waals surface area contributed by atoms with Crippen LogP contribution in [0.15, 0.2) is 11.5 Å². The van der Waals surface area contributed by atoms with E-state index in [1.165, 1.54) is 0 Å². The molecular formula is C7H14O3S. The van der Waals surface area contributed by atoms with Gasteiger partial charge in [-0.2, -0.15) is 8.42 Å². The number of allylic oxidation sites excluding steroid dienone is 1. The van der Waals surface area contributed by atoms with Gasteiger partial charge in [-0.3, -0.25) is 4.18 Å². The summed E-state index contributed by atoms with van der Waals surface area (Å²) in [6.07, 6.45) is 1.59. The highest BCUT2D eigenvalue weighted by Gasteiger charge is 2.02. The fourth-order valence-corrected chi connectivity index (χ4v) is 1.37. The van der Waals surface area contributed by atoms with Crippen LogP contribution in [0.2, 0.25) is 0 Å². The van der Waals surface area contributed by atoms with Crippen molar-refractivity contribution in [2.45, 2.75) is 20.8 Å². The second kappa shape index (κ2) is 4.51. The lowest BCUT2D eigenvalue weighted by Crippen LogP contribution is -2.01. The van der Waals surface area contributed by atoms with Crippen molar-refractivity contribution in [3.63, 3.8) is 0 Å². The van der Waals surface area contributed by atoms with Crippen molar-refractivity contribution in [2.24, 2.45) is 5.92 Å². The maximum atomic E-state index is 10.8. The van der Waals surface area contributed by atoms with Crippen molar-refractivity contribution in [2.75, 3.05) is 6.61 Å². The summed E-state index contributed by atoms with van der Waals surface area (Å²) in [5, 5.41) is 1.10. The maximum absolute atomic E-state index is 10.8. The van der Waals surface area contributed by atoms with Crippen molar-refractivity contribution in [3.05, 3.63) is 11.5 Å². The number of hydrogen-bond donors (Lipinski definition) is 0. The van der Waals surface area contributed by atoms with Crippen LogP contribution in [0.25, 0.3) is 0 Å². The quantitative estimate of drug-likeness (QED) is 0.613. The predicted octanol–water partition coefficient (Wildman–Crippen LogP) is 1.52. The van der Waals surface area contributed by atoms with E-state index in [2.05, 4.69) is 4.18 Å². The third-order valence-electron chi connectivity index (χ3n) is 0.912. The molecule has 0 rings (SSSR count). The van der Waals surface area contributed by atoms with Crippen molar-refractivity contribution in [1.29, 1.82) is 0 Å². The largest absolute Gasteiger partial charge is 0.289 e. The smallest absolute Gasteiger partial charge is 0.267 e. The Hall–Kier alpha value is -0.350.